The second kappa shape index (κ2) is 10.2. The number of unbranched alkanes of at least 4 members (excludes halogenated alkanes) is 2. The minimum absolute atomic E-state index is 0.0484. The number of hydrogen-bond acceptors (Lipinski definition) is 4. The first-order valence-corrected chi connectivity index (χ1v) is 11.2. The minimum atomic E-state index is -4.58. The number of benzene rings is 2. The standard InChI is InChI=1S/C26H31F3N4/c1-5-6-7-8-18-9-13-21(14-10-18)32-24-30-17-22(26(27,28)29)23(33-24)31-20-15-11-19(12-16-20)25(2,3)4/h9-17H,5-8H2,1-4H3,(H2,30,31,32,33). The monoisotopic (exact) mass is 456 g/mol. The molecule has 1 aromatic heterocycles. The van der Waals surface area contributed by atoms with E-state index >= 15 is 0 Å². The van der Waals surface area contributed by atoms with Crippen molar-refractivity contribution in [3.8, 4) is 0 Å². The van der Waals surface area contributed by atoms with Crippen molar-refractivity contribution in [2.24, 2.45) is 0 Å². The Morgan fingerprint density at radius 1 is 0.818 bits per heavy atom. The zero-order valence-corrected chi connectivity index (χ0v) is 19.6. The zero-order valence-electron chi connectivity index (χ0n) is 19.6. The van der Waals surface area contributed by atoms with Crippen molar-refractivity contribution in [1.82, 2.24) is 9.97 Å². The molecule has 4 nitrogen and oxygen atoms in total. The van der Waals surface area contributed by atoms with Crippen LogP contribution in [0.15, 0.2) is 54.7 Å². The highest BCUT2D eigenvalue weighted by atomic mass is 19.4. The van der Waals surface area contributed by atoms with Gasteiger partial charge in [-0.2, -0.15) is 18.2 Å². The summed E-state index contributed by atoms with van der Waals surface area (Å²) in [4.78, 5) is 8.02. The Morgan fingerprint density at radius 2 is 1.42 bits per heavy atom. The molecule has 0 saturated carbocycles. The molecule has 0 radical (unpaired) electrons. The van der Waals surface area contributed by atoms with Gasteiger partial charge in [-0.3, -0.25) is 0 Å². The van der Waals surface area contributed by atoms with Crippen LogP contribution in [0.25, 0.3) is 0 Å². The average molecular weight is 457 g/mol. The molecule has 0 atom stereocenters. The van der Waals surface area contributed by atoms with Crippen molar-refractivity contribution in [1.29, 1.82) is 0 Å². The molecular weight excluding hydrogens is 425 g/mol. The summed E-state index contributed by atoms with van der Waals surface area (Å²) in [5.41, 5.74) is 2.59. The number of nitrogens with one attached hydrogen (secondary N) is 2. The number of aryl methyl sites for hydroxylation is 1. The Hall–Kier alpha value is -3.09. The molecule has 2 N–H and O–H groups in total. The molecule has 7 heteroatoms. The minimum Gasteiger partial charge on any atom is -0.340 e. The lowest BCUT2D eigenvalue weighted by molar-refractivity contribution is -0.137. The molecule has 0 aliphatic rings. The van der Waals surface area contributed by atoms with Gasteiger partial charge in [-0.15, -0.1) is 0 Å². The van der Waals surface area contributed by atoms with Crippen molar-refractivity contribution >= 4 is 23.1 Å². The summed E-state index contributed by atoms with van der Waals surface area (Å²) >= 11 is 0. The van der Waals surface area contributed by atoms with E-state index in [0.717, 1.165) is 30.3 Å². The maximum absolute atomic E-state index is 13.6. The Morgan fingerprint density at radius 3 is 2.00 bits per heavy atom. The van der Waals surface area contributed by atoms with Gasteiger partial charge in [-0.1, -0.05) is 64.8 Å². The van der Waals surface area contributed by atoms with Gasteiger partial charge in [0.2, 0.25) is 5.95 Å². The number of nitrogens with zero attached hydrogens (tertiary/aromatic N) is 2. The maximum atomic E-state index is 13.6. The van der Waals surface area contributed by atoms with Gasteiger partial charge in [0.25, 0.3) is 0 Å². The molecule has 176 valence electrons. The molecular formula is C26H31F3N4. The number of rotatable bonds is 8. The van der Waals surface area contributed by atoms with E-state index in [2.05, 4.69) is 48.3 Å². The second-order valence-corrected chi connectivity index (χ2v) is 9.19. The fourth-order valence-corrected chi connectivity index (χ4v) is 3.40. The third kappa shape index (κ3) is 6.94. The molecule has 0 fully saturated rings. The van der Waals surface area contributed by atoms with Crippen LogP contribution in [0.4, 0.5) is 36.3 Å². The van der Waals surface area contributed by atoms with Crippen molar-refractivity contribution < 1.29 is 13.2 Å². The molecule has 0 aliphatic carbocycles. The van der Waals surface area contributed by atoms with E-state index in [1.54, 1.807) is 12.1 Å². The van der Waals surface area contributed by atoms with Gasteiger partial charge >= 0.3 is 6.18 Å². The topological polar surface area (TPSA) is 49.8 Å². The summed E-state index contributed by atoms with van der Waals surface area (Å²) in [6, 6.07) is 15.1. The lowest BCUT2D eigenvalue weighted by atomic mass is 9.87. The normalized spacial score (nSPS) is 12.0. The van der Waals surface area contributed by atoms with Crippen molar-refractivity contribution in [3.05, 3.63) is 71.4 Å². The Bertz CT molecular complexity index is 1040. The highest BCUT2D eigenvalue weighted by Gasteiger charge is 2.35. The lowest BCUT2D eigenvalue weighted by Gasteiger charge is -2.20. The largest absolute Gasteiger partial charge is 0.421 e. The summed E-state index contributed by atoms with van der Waals surface area (Å²) in [5.74, 6) is -0.199. The Kier molecular flexibility index (Phi) is 7.61. The van der Waals surface area contributed by atoms with Gasteiger partial charge in [0.05, 0.1) is 0 Å². The van der Waals surface area contributed by atoms with E-state index in [1.807, 2.05) is 36.4 Å². The molecule has 3 aromatic rings. The van der Waals surface area contributed by atoms with Gasteiger partial charge < -0.3 is 10.6 Å². The molecule has 3 rings (SSSR count). The van der Waals surface area contributed by atoms with Crippen molar-refractivity contribution in [3.63, 3.8) is 0 Å². The lowest BCUT2D eigenvalue weighted by Crippen LogP contribution is -2.13. The molecule has 2 aromatic carbocycles. The summed E-state index contributed by atoms with van der Waals surface area (Å²) in [5, 5.41) is 5.81. The summed E-state index contributed by atoms with van der Waals surface area (Å²) < 4.78 is 40.7. The van der Waals surface area contributed by atoms with Gasteiger partial charge in [0.1, 0.15) is 11.4 Å². The first-order chi connectivity index (χ1) is 15.6. The first-order valence-electron chi connectivity index (χ1n) is 11.2. The fraction of sp³-hybridized carbons (Fsp3) is 0.385. The van der Waals surface area contributed by atoms with Crippen LogP contribution in [0.2, 0.25) is 0 Å². The van der Waals surface area contributed by atoms with Crippen LogP contribution in [0.3, 0.4) is 0 Å². The van der Waals surface area contributed by atoms with E-state index in [4.69, 9.17) is 0 Å². The van der Waals surface area contributed by atoms with Crippen molar-refractivity contribution in [2.75, 3.05) is 10.6 Å². The molecule has 0 amide bonds. The van der Waals surface area contributed by atoms with Crippen LogP contribution in [-0.2, 0) is 18.0 Å². The number of halogens is 3. The summed E-state index contributed by atoms with van der Waals surface area (Å²) in [7, 11) is 0. The average Bonchev–Trinajstić information content (AvgIpc) is 2.74. The van der Waals surface area contributed by atoms with Crippen LogP contribution in [0.1, 0.15) is 63.6 Å². The Labute approximate surface area is 193 Å². The zero-order chi connectivity index (χ0) is 24.1. The maximum Gasteiger partial charge on any atom is 0.421 e. The highest BCUT2D eigenvalue weighted by Crippen LogP contribution is 2.35. The van der Waals surface area contributed by atoms with Gasteiger partial charge in [-0.25, -0.2) is 4.98 Å². The van der Waals surface area contributed by atoms with E-state index in [0.29, 0.717) is 5.69 Å². The third-order valence-corrected chi connectivity index (χ3v) is 5.39. The van der Waals surface area contributed by atoms with Crippen molar-refractivity contribution in [2.45, 2.75) is 65.0 Å². The fourth-order valence-electron chi connectivity index (χ4n) is 3.40. The molecule has 0 spiro atoms. The smallest absolute Gasteiger partial charge is 0.340 e. The predicted molar refractivity (Wildman–Crippen MR) is 128 cm³/mol. The van der Waals surface area contributed by atoms with Crippen LogP contribution in [0, 0.1) is 0 Å². The van der Waals surface area contributed by atoms with Gasteiger partial charge in [0, 0.05) is 17.6 Å². The second-order valence-electron chi connectivity index (χ2n) is 9.19. The van der Waals surface area contributed by atoms with E-state index in [-0.39, 0.29) is 17.2 Å². The van der Waals surface area contributed by atoms with Crippen LogP contribution < -0.4 is 10.6 Å². The Balaban J connectivity index is 1.80. The number of anilines is 4. The van der Waals surface area contributed by atoms with Crippen LogP contribution in [-0.4, -0.2) is 9.97 Å². The van der Waals surface area contributed by atoms with Crippen LogP contribution >= 0.6 is 0 Å². The van der Waals surface area contributed by atoms with E-state index in [9.17, 15) is 13.2 Å². The molecule has 1 heterocycles. The molecule has 0 bridgehead atoms. The summed E-state index contributed by atoms with van der Waals surface area (Å²) in [6.07, 6.45) is 0.729. The van der Waals surface area contributed by atoms with E-state index < -0.39 is 11.7 Å². The van der Waals surface area contributed by atoms with Gasteiger partial charge in [-0.05, 0) is 53.6 Å². The molecule has 0 aliphatic heterocycles. The molecule has 33 heavy (non-hydrogen) atoms. The third-order valence-electron chi connectivity index (χ3n) is 5.39. The quantitative estimate of drug-likeness (QED) is 0.337. The number of hydrogen-bond donors (Lipinski definition) is 2. The first kappa shape index (κ1) is 24.6. The van der Waals surface area contributed by atoms with E-state index in [1.165, 1.54) is 18.4 Å². The number of alkyl halides is 3. The molecule has 0 saturated heterocycles. The predicted octanol–water partition coefficient (Wildman–Crippen LogP) is 8.01. The highest BCUT2D eigenvalue weighted by molar-refractivity contribution is 5.63. The number of aromatic nitrogens is 2. The van der Waals surface area contributed by atoms with Gasteiger partial charge in [0.15, 0.2) is 0 Å². The summed E-state index contributed by atoms with van der Waals surface area (Å²) in [6.45, 7) is 8.41. The molecule has 0 unspecified atom stereocenters. The SMILES string of the molecule is CCCCCc1ccc(Nc2ncc(C(F)(F)F)c(Nc3ccc(C(C)(C)C)cc3)n2)cc1. The van der Waals surface area contributed by atoms with Crippen LogP contribution in [0.5, 0.6) is 0 Å².